The van der Waals surface area contributed by atoms with Crippen LogP contribution in [-0.4, -0.2) is 57.3 Å². The number of fused-ring (bicyclic) bond motifs is 1. The van der Waals surface area contributed by atoms with Crippen LogP contribution in [0.15, 0.2) is 67.1 Å². The van der Waals surface area contributed by atoms with Crippen molar-refractivity contribution in [2.75, 3.05) is 41.8 Å². The predicted octanol–water partition coefficient (Wildman–Crippen LogP) is 2.43. The van der Waals surface area contributed by atoms with Crippen LogP contribution in [0.4, 0.5) is 17.2 Å². The van der Waals surface area contributed by atoms with Crippen molar-refractivity contribution in [3.05, 3.63) is 67.1 Å². The van der Waals surface area contributed by atoms with E-state index >= 15 is 0 Å². The molecule has 0 aliphatic carbocycles. The number of nitrogens with zero attached hydrogens (tertiary/aromatic N) is 5. The molecule has 1 atom stereocenters. The van der Waals surface area contributed by atoms with Crippen LogP contribution in [-0.2, 0) is 4.74 Å². The Morgan fingerprint density at radius 2 is 1.65 bits per heavy atom. The Bertz CT molecular complexity index is 1140. The molecule has 0 spiro atoms. The SMILES string of the molecule is OC(Nc1ccncc1)Nc1ccc(-c2nc(N3CCOCC3)c3cccn3n2)cc1. The van der Waals surface area contributed by atoms with E-state index in [1.165, 1.54) is 0 Å². The summed E-state index contributed by atoms with van der Waals surface area (Å²) in [5.41, 5.74) is 3.42. The minimum atomic E-state index is -0.936. The van der Waals surface area contributed by atoms with E-state index < -0.39 is 6.35 Å². The number of aromatic nitrogens is 4. The van der Waals surface area contributed by atoms with Gasteiger partial charge < -0.3 is 25.4 Å². The fraction of sp³-hybridized carbons (Fsp3) is 0.227. The van der Waals surface area contributed by atoms with Crippen molar-refractivity contribution in [1.29, 1.82) is 0 Å². The summed E-state index contributed by atoms with van der Waals surface area (Å²) >= 11 is 0. The van der Waals surface area contributed by atoms with E-state index in [9.17, 15) is 5.11 Å². The number of aliphatic hydroxyl groups excluding tert-OH is 1. The van der Waals surface area contributed by atoms with Crippen molar-refractivity contribution in [1.82, 2.24) is 19.6 Å². The summed E-state index contributed by atoms with van der Waals surface area (Å²) in [5, 5.41) is 20.9. The molecular weight excluding hydrogens is 394 g/mol. The first-order valence-corrected chi connectivity index (χ1v) is 10.2. The maximum atomic E-state index is 10.2. The number of anilines is 3. The third kappa shape index (κ3) is 4.27. The van der Waals surface area contributed by atoms with Crippen LogP contribution in [0, 0.1) is 0 Å². The third-order valence-corrected chi connectivity index (χ3v) is 5.11. The summed E-state index contributed by atoms with van der Waals surface area (Å²) in [6.07, 6.45) is 4.32. The average molecular weight is 417 g/mol. The number of rotatable bonds is 6. The Balaban J connectivity index is 1.35. The van der Waals surface area contributed by atoms with Crippen LogP contribution in [0.3, 0.4) is 0 Å². The van der Waals surface area contributed by atoms with Crippen molar-refractivity contribution in [2.45, 2.75) is 6.35 Å². The lowest BCUT2D eigenvalue weighted by Gasteiger charge is -2.28. The summed E-state index contributed by atoms with van der Waals surface area (Å²) in [4.78, 5) is 11.1. The Labute approximate surface area is 179 Å². The van der Waals surface area contributed by atoms with Gasteiger partial charge in [0.2, 0.25) is 6.35 Å². The number of pyridine rings is 1. The lowest BCUT2D eigenvalue weighted by Crippen LogP contribution is -2.37. The number of morpholine rings is 1. The Morgan fingerprint density at radius 3 is 2.39 bits per heavy atom. The molecule has 1 fully saturated rings. The van der Waals surface area contributed by atoms with Gasteiger partial charge in [-0.25, -0.2) is 9.50 Å². The fourth-order valence-electron chi connectivity index (χ4n) is 3.56. The molecular formula is C22H23N7O2. The summed E-state index contributed by atoms with van der Waals surface area (Å²) in [7, 11) is 0. The highest BCUT2D eigenvalue weighted by molar-refractivity contribution is 5.72. The molecule has 9 nitrogen and oxygen atoms in total. The largest absolute Gasteiger partial charge is 0.378 e. The molecule has 4 aromatic rings. The first-order chi connectivity index (χ1) is 15.3. The molecule has 0 saturated carbocycles. The van der Waals surface area contributed by atoms with Gasteiger partial charge in [0, 0.05) is 48.6 Å². The maximum absolute atomic E-state index is 10.2. The predicted molar refractivity (Wildman–Crippen MR) is 119 cm³/mol. The van der Waals surface area contributed by atoms with Gasteiger partial charge in [-0.2, -0.15) is 0 Å². The Hall–Kier alpha value is -3.69. The highest BCUT2D eigenvalue weighted by Gasteiger charge is 2.18. The zero-order valence-electron chi connectivity index (χ0n) is 16.8. The van der Waals surface area contributed by atoms with E-state index in [1.807, 2.05) is 47.1 Å². The van der Waals surface area contributed by atoms with Gasteiger partial charge >= 0.3 is 0 Å². The molecule has 1 unspecified atom stereocenters. The number of hydrogen-bond acceptors (Lipinski definition) is 8. The van der Waals surface area contributed by atoms with Crippen LogP contribution in [0.5, 0.6) is 0 Å². The number of nitrogens with one attached hydrogen (secondary N) is 2. The standard InChI is InChI=1S/C22H23N7O2/c30-22(25-18-7-9-23-10-8-18)24-17-5-3-16(4-6-17)20-26-21(28-12-14-31-15-13-28)19-2-1-11-29(19)27-20/h1-11,22,24,30H,12-15H2,(H,23,25). The van der Waals surface area contributed by atoms with Crippen LogP contribution in [0.25, 0.3) is 16.9 Å². The van der Waals surface area contributed by atoms with Crippen molar-refractivity contribution >= 4 is 22.7 Å². The topological polar surface area (TPSA) is 99.8 Å². The van der Waals surface area contributed by atoms with Crippen molar-refractivity contribution in [3.8, 4) is 11.4 Å². The molecule has 1 aromatic carbocycles. The fourth-order valence-corrected chi connectivity index (χ4v) is 3.56. The molecule has 158 valence electrons. The van der Waals surface area contributed by atoms with Crippen LogP contribution in [0.1, 0.15) is 0 Å². The quantitative estimate of drug-likeness (QED) is 0.412. The molecule has 0 amide bonds. The van der Waals surface area contributed by atoms with E-state index in [2.05, 4.69) is 25.6 Å². The first kappa shape index (κ1) is 19.3. The molecule has 5 rings (SSSR count). The van der Waals surface area contributed by atoms with Crippen molar-refractivity contribution in [3.63, 3.8) is 0 Å². The molecule has 9 heteroatoms. The lowest BCUT2D eigenvalue weighted by molar-refractivity contribution is 0.122. The zero-order chi connectivity index (χ0) is 21.0. The van der Waals surface area contributed by atoms with Crippen LogP contribution < -0.4 is 15.5 Å². The third-order valence-electron chi connectivity index (χ3n) is 5.11. The van der Waals surface area contributed by atoms with Crippen LogP contribution >= 0.6 is 0 Å². The van der Waals surface area contributed by atoms with Crippen molar-refractivity contribution < 1.29 is 9.84 Å². The monoisotopic (exact) mass is 417 g/mol. The molecule has 1 saturated heterocycles. The van der Waals surface area contributed by atoms with E-state index in [-0.39, 0.29) is 0 Å². The van der Waals surface area contributed by atoms with E-state index in [0.717, 1.165) is 41.4 Å². The molecule has 1 aliphatic heterocycles. The zero-order valence-corrected chi connectivity index (χ0v) is 16.8. The van der Waals surface area contributed by atoms with Gasteiger partial charge in [0.15, 0.2) is 11.6 Å². The Morgan fingerprint density at radius 1 is 0.935 bits per heavy atom. The van der Waals surface area contributed by atoms with Gasteiger partial charge in [0.25, 0.3) is 0 Å². The van der Waals surface area contributed by atoms with Gasteiger partial charge in [0.05, 0.1) is 13.2 Å². The minimum Gasteiger partial charge on any atom is -0.378 e. The second-order valence-electron chi connectivity index (χ2n) is 7.20. The van der Waals surface area contributed by atoms with E-state index in [0.29, 0.717) is 19.0 Å². The van der Waals surface area contributed by atoms with Gasteiger partial charge in [-0.3, -0.25) is 4.98 Å². The number of benzene rings is 1. The van der Waals surface area contributed by atoms with Gasteiger partial charge in [-0.1, -0.05) is 0 Å². The summed E-state index contributed by atoms with van der Waals surface area (Å²) < 4.78 is 7.35. The van der Waals surface area contributed by atoms with Gasteiger partial charge in [-0.05, 0) is 48.5 Å². The van der Waals surface area contributed by atoms with E-state index in [4.69, 9.17) is 9.72 Å². The summed E-state index contributed by atoms with van der Waals surface area (Å²) in [5.74, 6) is 1.56. The summed E-state index contributed by atoms with van der Waals surface area (Å²) in [6.45, 7) is 3.01. The minimum absolute atomic E-state index is 0.646. The highest BCUT2D eigenvalue weighted by Crippen LogP contribution is 2.25. The van der Waals surface area contributed by atoms with Gasteiger partial charge in [0.1, 0.15) is 5.52 Å². The molecule has 0 radical (unpaired) electrons. The molecule has 3 N–H and O–H groups in total. The van der Waals surface area contributed by atoms with Gasteiger partial charge in [-0.15, -0.1) is 5.10 Å². The molecule has 3 aromatic heterocycles. The normalized spacial score (nSPS) is 15.1. The summed E-state index contributed by atoms with van der Waals surface area (Å²) in [6, 6.07) is 15.2. The first-order valence-electron chi connectivity index (χ1n) is 10.2. The number of aliphatic hydroxyl groups is 1. The second kappa shape index (κ2) is 8.58. The number of hydrogen-bond donors (Lipinski definition) is 3. The Kier molecular flexibility index (Phi) is 5.34. The molecule has 31 heavy (non-hydrogen) atoms. The lowest BCUT2D eigenvalue weighted by atomic mass is 10.2. The average Bonchev–Trinajstić information content (AvgIpc) is 3.29. The van der Waals surface area contributed by atoms with Crippen LogP contribution in [0.2, 0.25) is 0 Å². The van der Waals surface area contributed by atoms with E-state index in [1.54, 1.807) is 24.5 Å². The smallest absolute Gasteiger partial charge is 0.202 e. The molecule has 4 heterocycles. The number of ether oxygens (including phenoxy) is 1. The van der Waals surface area contributed by atoms with Crippen molar-refractivity contribution in [2.24, 2.45) is 0 Å². The maximum Gasteiger partial charge on any atom is 0.202 e. The highest BCUT2D eigenvalue weighted by atomic mass is 16.5. The second-order valence-corrected chi connectivity index (χ2v) is 7.20. The molecule has 1 aliphatic rings. The molecule has 0 bridgehead atoms.